The number of ether oxygens (including phenoxy) is 1. The van der Waals surface area contributed by atoms with Gasteiger partial charge in [0.15, 0.2) is 0 Å². The molecule has 0 aliphatic heterocycles. The molecule has 3 aromatic heterocycles. The summed E-state index contributed by atoms with van der Waals surface area (Å²) in [6.07, 6.45) is 2.14. The van der Waals surface area contributed by atoms with E-state index in [1.807, 2.05) is 12.1 Å². The average molecular weight is 461 g/mol. The highest BCUT2D eigenvalue weighted by atomic mass is 32.1. The number of aromatic carboxylic acids is 1. The molecule has 0 bridgehead atoms. The van der Waals surface area contributed by atoms with Gasteiger partial charge in [-0.05, 0) is 35.4 Å². The third-order valence-corrected chi connectivity index (χ3v) is 6.19. The van der Waals surface area contributed by atoms with Crippen molar-refractivity contribution in [3.05, 3.63) is 91.1 Å². The van der Waals surface area contributed by atoms with Crippen molar-refractivity contribution in [1.29, 1.82) is 0 Å². The van der Waals surface area contributed by atoms with Crippen molar-refractivity contribution >= 4 is 27.5 Å². The molecular weight excluding hydrogens is 442 g/mol. The van der Waals surface area contributed by atoms with Crippen molar-refractivity contribution < 1.29 is 14.6 Å². The zero-order chi connectivity index (χ0) is 23.5. The van der Waals surface area contributed by atoms with E-state index in [0.717, 1.165) is 10.1 Å². The Balaban J connectivity index is 1.65. The van der Waals surface area contributed by atoms with Crippen molar-refractivity contribution in [3.63, 3.8) is 0 Å². The first kappa shape index (κ1) is 22.0. The molecule has 166 valence electrons. The van der Waals surface area contributed by atoms with Gasteiger partial charge in [-0.15, -0.1) is 11.3 Å². The zero-order valence-corrected chi connectivity index (χ0v) is 18.7. The van der Waals surface area contributed by atoms with Crippen LogP contribution in [-0.2, 0) is 20.0 Å². The van der Waals surface area contributed by atoms with Crippen LogP contribution in [-0.4, -0.2) is 32.3 Å². The molecule has 0 aliphatic rings. The van der Waals surface area contributed by atoms with Gasteiger partial charge in [0.2, 0.25) is 5.88 Å². The Kier molecular flexibility index (Phi) is 6.11. The van der Waals surface area contributed by atoms with Gasteiger partial charge in [-0.2, -0.15) is 0 Å². The Bertz CT molecular complexity index is 1540. The van der Waals surface area contributed by atoms with E-state index in [9.17, 15) is 14.4 Å². The summed E-state index contributed by atoms with van der Waals surface area (Å²) < 4.78 is 7.69. The molecule has 0 radical (unpaired) electrons. The smallest absolute Gasteiger partial charge is 0.335 e. The maximum absolute atomic E-state index is 13.1. The Morgan fingerprint density at radius 1 is 1.15 bits per heavy atom. The van der Waals surface area contributed by atoms with Crippen LogP contribution in [0.5, 0.6) is 5.88 Å². The number of pyridine rings is 1. The van der Waals surface area contributed by atoms with Gasteiger partial charge in [-0.1, -0.05) is 24.0 Å². The fraction of sp³-hybridized carbons (Fsp3) is 0.167. The topological polar surface area (TPSA) is 103 Å². The number of carboxylic acid groups (broad SMARTS) is 1. The third-order valence-electron chi connectivity index (χ3n) is 5.06. The molecule has 0 amide bonds. The monoisotopic (exact) mass is 461 g/mol. The Morgan fingerprint density at radius 3 is 2.61 bits per heavy atom. The van der Waals surface area contributed by atoms with Crippen molar-refractivity contribution in [1.82, 2.24) is 14.1 Å². The van der Waals surface area contributed by atoms with E-state index in [1.165, 1.54) is 28.0 Å². The lowest BCUT2D eigenvalue weighted by molar-refractivity contribution is 0.0697. The number of methoxy groups -OCH3 is 1. The van der Waals surface area contributed by atoms with Crippen molar-refractivity contribution in [3.8, 4) is 17.7 Å². The van der Waals surface area contributed by atoms with Crippen LogP contribution in [0.3, 0.4) is 0 Å². The highest BCUT2D eigenvalue weighted by molar-refractivity contribution is 7.19. The number of hydrogen-bond acceptors (Lipinski definition) is 6. The summed E-state index contributed by atoms with van der Waals surface area (Å²) in [5.74, 6) is 5.64. The van der Waals surface area contributed by atoms with E-state index >= 15 is 0 Å². The molecule has 0 aliphatic carbocycles. The molecule has 0 saturated heterocycles. The highest BCUT2D eigenvalue weighted by Gasteiger charge is 2.14. The molecular formula is C24H19N3O5S. The minimum absolute atomic E-state index is 0.0437. The molecule has 3 heterocycles. The number of fused-ring (bicyclic) bond motifs is 1. The molecule has 33 heavy (non-hydrogen) atoms. The first-order valence-corrected chi connectivity index (χ1v) is 10.7. The lowest BCUT2D eigenvalue weighted by Gasteiger charge is -2.08. The number of benzene rings is 1. The van der Waals surface area contributed by atoms with Gasteiger partial charge in [-0.25, -0.2) is 14.6 Å². The summed E-state index contributed by atoms with van der Waals surface area (Å²) >= 11 is 1.29. The molecule has 4 aromatic rings. The summed E-state index contributed by atoms with van der Waals surface area (Å²) in [6, 6.07) is 11.4. The van der Waals surface area contributed by atoms with Crippen molar-refractivity contribution in [2.45, 2.75) is 13.0 Å². The molecule has 0 saturated carbocycles. The van der Waals surface area contributed by atoms with E-state index in [2.05, 4.69) is 16.8 Å². The number of carbonyl (C=O) groups is 1. The number of aryl methyl sites for hydroxylation is 1. The summed E-state index contributed by atoms with van der Waals surface area (Å²) in [4.78, 5) is 42.2. The van der Waals surface area contributed by atoms with Gasteiger partial charge in [0.25, 0.3) is 5.56 Å². The molecule has 0 spiro atoms. The Hall–Kier alpha value is -4.16. The molecule has 1 N–H and O–H groups in total. The maximum Gasteiger partial charge on any atom is 0.335 e. The number of rotatable bonds is 5. The quantitative estimate of drug-likeness (QED) is 0.458. The first-order valence-electron chi connectivity index (χ1n) is 9.91. The summed E-state index contributed by atoms with van der Waals surface area (Å²) in [5.41, 5.74) is 0.903. The van der Waals surface area contributed by atoms with Gasteiger partial charge in [-0.3, -0.25) is 13.9 Å². The van der Waals surface area contributed by atoms with E-state index < -0.39 is 17.2 Å². The van der Waals surface area contributed by atoms with Crippen molar-refractivity contribution in [2.24, 2.45) is 7.05 Å². The van der Waals surface area contributed by atoms with E-state index in [1.54, 1.807) is 38.6 Å². The van der Waals surface area contributed by atoms with Gasteiger partial charge >= 0.3 is 11.7 Å². The van der Waals surface area contributed by atoms with Crippen molar-refractivity contribution in [2.75, 3.05) is 7.11 Å². The molecule has 4 rings (SSSR count). The van der Waals surface area contributed by atoms with Gasteiger partial charge in [0.05, 0.1) is 29.5 Å². The van der Waals surface area contributed by atoms with Crippen LogP contribution in [0.15, 0.2) is 58.3 Å². The second-order valence-electron chi connectivity index (χ2n) is 7.25. The van der Waals surface area contributed by atoms with Crippen LogP contribution in [0, 0.1) is 11.8 Å². The number of carboxylic acids is 1. The molecule has 1 aromatic carbocycles. The number of aromatic nitrogens is 3. The van der Waals surface area contributed by atoms with Gasteiger partial charge in [0.1, 0.15) is 4.83 Å². The van der Waals surface area contributed by atoms with Crippen LogP contribution >= 0.6 is 11.3 Å². The molecule has 9 heteroatoms. The number of thiophene rings is 1. The van der Waals surface area contributed by atoms with E-state index in [-0.39, 0.29) is 12.1 Å². The highest BCUT2D eigenvalue weighted by Crippen LogP contribution is 2.21. The molecule has 0 atom stereocenters. The lowest BCUT2D eigenvalue weighted by atomic mass is 10.1. The fourth-order valence-electron chi connectivity index (χ4n) is 3.33. The normalized spacial score (nSPS) is 10.6. The Morgan fingerprint density at radius 2 is 1.91 bits per heavy atom. The standard InChI is InChI=1S/C24H19N3O5S/c1-26-22-19(13-18(33-22)5-3-4-15-10-11-25-20(12-15)32-2)21(28)27(24(26)31)14-16-6-8-17(9-7-16)23(29)30/h6-13H,4,14H2,1-2H3,(H,29,30). The van der Waals surface area contributed by atoms with Crippen LogP contribution in [0.4, 0.5) is 0 Å². The van der Waals surface area contributed by atoms with E-state index in [0.29, 0.717) is 33.0 Å². The lowest BCUT2D eigenvalue weighted by Crippen LogP contribution is -2.38. The SMILES string of the molecule is COc1cc(CC#Cc2cc3c(=O)n(Cc4ccc(C(=O)O)cc4)c(=O)n(C)c3s2)ccn1. The average Bonchev–Trinajstić information content (AvgIpc) is 3.25. The Labute approximate surface area is 192 Å². The fourth-order valence-corrected chi connectivity index (χ4v) is 4.31. The van der Waals surface area contributed by atoms with E-state index in [4.69, 9.17) is 9.84 Å². The zero-order valence-electron chi connectivity index (χ0n) is 17.9. The number of hydrogen-bond donors (Lipinski definition) is 1. The number of nitrogens with zero attached hydrogens (tertiary/aromatic N) is 3. The van der Waals surface area contributed by atoms with Crippen LogP contribution < -0.4 is 16.0 Å². The summed E-state index contributed by atoms with van der Waals surface area (Å²) in [5, 5.41) is 9.45. The predicted octanol–water partition coefficient (Wildman–Crippen LogP) is 2.51. The summed E-state index contributed by atoms with van der Waals surface area (Å²) in [6.45, 7) is 0.0437. The summed E-state index contributed by atoms with van der Waals surface area (Å²) in [7, 11) is 3.17. The van der Waals surface area contributed by atoms with Crippen LogP contribution in [0.1, 0.15) is 26.4 Å². The molecule has 0 unspecified atom stereocenters. The largest absolute Gasteiger partial charge is 0.481 e. The third kappa shape index (κ3) is 4.56. The molecule has 8 nitrogen and oxygen atoms in total. The first-order chi connectivity index (χ1) is 15.9. The molecule has 0 fully saturated rings. The maximum atomic E-state index is 13.1. The van der Waals surface area contributed by atoms with Gasteiger partial charge < -0.3 is 9.84 Å². The van der Waals surface area contributed by atoms with Crippen LogP contribution in [0.2, 0.25) is 0 Å². The minimum atomic E-state index is -1.04. The van der Waals surface area contributed by atoms with Gasteiger partial charge in [0, 0.05) is 25.7 Å². The predicted molar refractivity (Wildman–Crippen MR) is 125 cm³/mol. The second-order valence-corrected chi connectivity index (χ2v) is 8.28. The minimum Gasteiger partial charge on any atom is -0.481 e. The second kappa shape index (κ2) is 9.14. The van der Waals surface area contributed by atoms with Crippen LogP contribution in [0.25, 0.3) is 10.2 Å².